The zero-order chi connectivity index (χ0) is 10.9. The molecule has 0 aromatic carbocycles. The van der Waals surface area contributed by atoms with Gasteiger partial charge in [-0.15, -0.1) is 0 Å². The molecule has 0 aliphatic carbocycles. The molecule has 0 atom stereocenters. The third-order valence-electron chi connectivity index (χ3n) is 2.58. The van der Waals surface area contributed by atoms with Crippen LogP contribution in [0.15, 0.2) is 29.4 Å². The first-order chi connectivity index (χ1) is 7.36. The molecule has 0 aromatic heterocycles. The summed E-state index contributed by atoms with van der Waals surface area (Å²) in [7, 11) is 0. The van der Waals surface area contributed by atoms with Gasteiger partial charge in [-0.3, -0.25) is 9.89 Å². The predicted molar refractivity (Wildman–Crippen MR) is 65.9 cm³/mol. The van der Waals surface area contributed by atoms with E-state index in [1.165, 1.54) is 32.4 Å². The Morgan fingerprint density at radius 1 is 1.40 bits per heavy atom. The van der Waals surface area contributed by atoms with Crippen molar-refractivity contribution < 1.29 is 0 Å². The molecule has 84 valence electrons. The highest BCUT2D eigenvalue weighted by Crippen LogP contribution is 2.07. The molecule has 1 N–H and O–H groups in total. The largest absolute Gasteiger partial charge is 0.347 e. The van der Waals surface area contributed by atoms with Crippen LogP contribution < -0.4 is 5.32 Å². The second-order valence-electron chi connectivity index (χ2n) is 3.72. The van der Waals surface area contributed by atoms with Crippen LogP contribution in [0.1, 0.15) is 26.2 Å². The van der Waals surface area contributed by atoms with E-state index in [1.807, 2.05) is 13.0 Å². The molecule has 0 amide bonds. The maximum atomic E-state index is 4.33. The van der Waals surface area contributed by atoms with Crippen molar-refractivity contribution in [2.24, 2.45) is 4.99 Å². The van der Waals surface area contributed by atoms with Gasteiger partial charge in [-0.05, 0) is 38.9 Å². The fraction of sp³-hybridized carbons (Fsp3) is 0.583. The second-order valence-corrected chi connectivity index (χ2v) is 3.72. The topological polar surface area (TPSA) is 27.6 Å². The fourth-order valence-electron chi connectivity index (χ4n) is 1.64. The Hall–Kier alpha value is -1.09. The number of rotatable bonds is 5. The van der Waals surface area contributed by atoms with Crippen LogP contribution in [-0.4, -0.2) is 31.0 Å². The number of nitrogens with one attached hydrogen (secondary N) is 1. The highest BCUT2D eigenvalue weighted by atomic mass is 15.2. The van der Waals surface area contributed by atoms with Crippen LogP contribution in [0, 0.1) is 0 Å². The lowest BCUT2D eigenvalue weighted by molar-refractivity contribution is 0.236. The zero-order valence-corrected chi connectivity index (χ0v) is 9.58. The van der Waals surface area contributed by atoms with Crippen molar-refractivity contribution in [3.8, 4) is 0 Å². The van der Waals surface area contributed by atoms with Crippen LogP contribution in [0.5, 0.6) is 0 Å². The summed E-state index contributed by atoms with van der Waals surface area (Å²) in [5.74, 6) is 0. The maximum absolute atomic E-state index is 4.33. The van der Waals surface area contributed by atoms with Gasteiger partial charge in [0.15, 0.2) is 0 Å². The van der Waals surface area contributed by atoms with Crippen molar-refractivity contribution in [2.75, 3.05) is 19.8 Å². The first-order valence-corrected chi connectivity index (χ1v) is 5.62. The minimum Gasteiger partial charge on any atom is -0.347 e. The van der Waals surface area contributed by atoms with E-state index in [2.05, 4.69) is 21.8 Å². The summed E-state index contributed by atoms with van der Waals surface area (Å²) in [6.45, 7) is 8.86. The Morgan fingerprint density at radius 3 is 2.73 bits per heavy atom. The molecule has 0 radical (unpaired) electrons. The summed E-state index contributed by atoms with van der Waals surface area (Å²) in [5.41, 5.74) is 0.998. The monoisotopic (exact) mass is 207 g/mol. The lowest BCUT2D eigenvalue weighted by atomic mass is 10.1. The van der Waals surface area contributed by atoms with Crippen molar-refractivity contribution in [1.29, 1.82) is 0 Å². The number of allylic oxidation sites excluding steroid dienone is 2. The average molecular weight is 207 g/mol. The van der Waals surface area contributed by atoms with E-state index in [0.717, 1.165) is 12.4 Å². The van der Waals surface area contributed by atoms with Gasteiger partial charge >= 0.3 is 0 Å². The third kappa shape index (κ3) is 4.79. The number of likely N-dealkylation sites (tertiary alicyclic amines) is 1. The normalized spacial score (nSPS) is 19.4. The highest BCUT2D eigenvalue weighted by molar-refractivity contribution is 5.58. The Kier molecular flexibility index (Phi) is 5.78. The SMILES string of the molecule is C=CC(=CC)NC=NCN1CCCCC1. The van der Waals surface area contributed by atoms with Gasteiger partial charge in [0.2, 0.25) is 0 Å². The standard InChI is InChI=1S/C12H21N3/c1-3-12(4-2)14-10-13-11-15-8-6-5-7-9-15/h3-4,10H,1,5-9,11H2,2H3,(H,13,14). The molecule has 0 unspecified atom stereocenters. The zero-order valence-electron chi connectivity index (χ0n) is 9.58. The van der Waals surface area contributed by atoms with Crippen molar-refractivity contribution in [2.45, 2.75) is 26.2 Å². The van der Waals surface area contributed by atoms with Crippen molar-refractivity contribution in [3.05, 3.63) is 24.4 Å². The predicted octanol–water partition coefficient (Wildman–Crippen LogP) is 2.14. The van der Waals surface area contributed by atoms with Gasteiger partial charge in [0.25, 0.3) is 0 Å². The molecule has 1 fully saturated rings. The van der Waals surface area contributed by atoms with Crippen LogP contribution in [0.2, 0.25) is 0 Å². The van der Waals surface area contributed by atoms with E-state index < -0.39 is 0 Å². The molecular weight excluding hydrogens is 186 g/mol. The average Bonchev–Trinajstić information content (AvgIpc) is 2.31. The molecule has 3 nitrogen and oxygen atoms in total. The lowest BCUT2D eigenvalue weighted by Crippen LogP contribution is -2.30. The van der Waals surface area contributed by atoms with Crippen LogP contribution >= 0.6 is 0 Å². The maximum Gasteiger partial charge on any atom is 0.0926 e. The van der Waals surface area contributed by atoms with E-state index in [1.54, 1.807) is 12.4 Å². The van der Waals surface area contributed by atoms with Crippen molar-refractivity contribution >= 4 is 6.34 Å². The van der Waals surface area contributed by atoms with Gasteiger partial charge in [0.05, 0.1) is 13.0 Å². The minimum atomic E-state index is 0.807. The molecule has 3 heteroatoms. The number of hydrogen-bond donors (Lipinski definition) is 1. The molecule has 1 saturated heterocycles. The Morgan fingerprint density at radius 2 is 2.13 bits per heavy atom. The van der Waals surface area contributed by atoms with Gasteiger partial charge in [0.1, 0.15) is 0 Å². The molecule has 0 spiro atoms. The minimum absolute atomic E-state index is 0.807. The van der Waals surface area contributed by atoms with Gasteiger partial charge in [-0.25, -0.2) is 0 Å². The van der Waals surface area contributed by atoms with E-state index in [0.29, 0.717) is 0 Å². The van der Waals surface area contributed by atoms with Crippen LogP contribution in [0.25, 0.3) is 0 Å². The van der Waals surface area contributed by atoms with Gasteiger partial charge in [0, 0.05) is 5.70 Å². The molecule has 0 bridgehead atoms. The van der Waals surface area contributed by atoms with E-state index in [9.17, 15) is 0 Å². The summed E-state index contributed by atoms with van der Waals surface area (Å²) in [6, 6.07) is 0. The van der Waals surface area contributed by atoms with Gasteiger partial charge in [-0.1, -0.05) is 19.1 Å². The summed E-state index contributed by atoms with van der Waals surface area (Å²) in [4.78, 5) is 6.71. The molecule has 1 aliphatic heterocycles. The van der Waals surface area contributed by atoms with Gasteiger partial charge < -0.3 is 5.32 Å². The van der Waals surface area contributed by atoms with Crippen LogP contribution in [0.3, 0.4) is 0 Å². The Balaban J connectivity index is 2.17. The number of piperidine rings is 1. The van der Waals surface area contributed by atoms with Crippen LogP contribution in [-0.2, 0) is 0 Å². The van der Waals surface area contributed by atoms with Crippen molar-refractivity contribution in [1.82, 2.24) is 10.2 Å². The molecule has 0 aromatic rings. The first kappa shape index (κ1) is 12.0. The highest BCUT2D eigenvalue weighted by Gasteiger charge is 2.07. The molecular formula is C12H21N3. The van der Waals surface area contributed by atoms with Crippen molar-refractivity contribution in [3.63, 3.8) is 0 Å². The molecule has 1 rings (SSSR count). The molecule has 15 heavy (non-hydrogen) atoms. The first-order valence-electron chi connectivity index (χ1n) is 5.62. The third-order valence-corrected chi connectivity index (χ3v) is 2.58. The quantitative estimate of drug-likeness (QED) is 0.425. The van der Waals surface area contributed by atoms with E-state index >= 15 is 0 Å². The summed E-state index contributed by atoms with van der Waals surface area (Å²) < 4.78 is 0. The Bertz CT molecular complexity index is 237. The number of hydrogen-bond acceptors (Lipinski definition) is 2. The van der Waals surface area contributed by atoms with Gasteiger partial charge in [-0.2, -0.15) is 0 Å². The Labute approximate surface area is 92.6 Å². The lowest BCUT2D eigenvalue weighted by Gasteiger charge is -2.24. The number of nitrogens with zero attached hydrogens (tertiary/aromatic N) is 2. The van der Waals surface area contributed by atoms with Crippen LogP contribution in [0.4, 0.5) is 0 Å². The van der Waals surface area contributed by atoms with E-state index in [-0.39, 0.29) is 0 Å². The van der Waals surface area contributed by atoms with E-state index in [4.69, 9.17) is 0 Å². The summed E-state index contributed by atoms with van der Waals surface area (Å²) >= 11 is 0. The fourth-order valence-corrected chi connectivity index (χ4v) is 1.64. The smallest absolute Gasteiger partial charge is 0.0926 e. The number of aliphatic imine (C=N–C) groups is 1. The molecule has 1 heterocycles. The summed E-state index contributed by atoms with van der Waals surface area (Å²) in [6.07, 6.45) is 9.52. The second kappa shape index (κ2) is 7.23. The summed E-state index contributed by atoms with van der Waals surface area (Å²) in [5, 5.41) is 3.08. The molecule has 1 aliphatic rings. The molecule has 0 saturated carbocycles.